The molecule has 126 valence electrons. The van der Waals surface area contributed by atoms with E-state index in [0.717, 1.165) is 28.0 Å². The fourth-order valence-electron chi connectivity index (χ4n) is 3.55. The summed E-state index contributed by atoms with van der Waals surface area (Å²) in [7, 11) is 3.58. The Bertz CT molecular complexity index is 1080. The van der Waals surface area contributed by atoms with Crippen LogP contribution in [0.4, 0.5) is 5.82 Å². The molecule has 8 nitrogen and oxygen atoms in total. The lowest BCUT2D eigenvalue weighted by Crippen LogP contribution is -2.61. The Kier molecular flexibility index (Phi) is 2.87. The highest BCUT2D eigenvalue weighted by Crippen LogP contribution is 2.40. The Labute approximate surface area is 143 Å². The molecule has 3 aromatic heterocycles. The molecule has 4 heterocycles. The molecule has 4 aromatic rings. The highest BCUT2D eigenvalue weighted by molar-refractivity contribution is 6.05. The van der Waals surface area contributed by atoms with E-state index in [2.05, 4.69) is 25.2 Å². The van der Waals surface area contributed by atoms with Crippen LogP contribution in [-0.2, 0) is 17.4 Å². The van der Waals surface area contributed by atoms with Gasteiger partial charge in [-0.3, -0.25) is 0 Å². The van der Waals surface area contributed by atoms with Gasteiger partial charge in [0.15, 0.2) is 11.4 Å². The molecule has 8 heteroatoms. The first-order chi connectivity index (χ1) is 12.2. The van der Waals surface area contributed by atoms with Gasteiger partial charge in [0, 0.05) is 19.5 Å². The van der Waals surface area contributed by atoms with Crippen LogP contribution in [0, 0.1) is 0 Å². The van der Waals surface area contributed by atoms with Gasteiger partial charge in [-0.05, 0) is 12.1 Å². The summed E-state index contributed by atoms with van der Waals surface area (Å²) in [6.07, 6.45) is 3.33. The van der Waals surface area contributed by atoms with Crippen molar-refractivity contribution in [3.63, 3.8) is 0 Å². The number of anilines is 1. The lowest BCUT2D eigenvalue weighted by atomic mass is 9.90. The van der Waals surface area contributed by atoms with E-state index in [1.54, 1.807) is 24.3 Å². The summed E-state index contributed by atoms with van der Waals surface area (Å²) in [6, 6.07) is 7.88. The molecule has 1 fully saturated rings. The van der Waals surface area contributed by atoms with Crippen molar-refractivity contribution in [2.45, 2.75) is 5.60 Å². The lowest BCUT2D eigenvalue weighted by molar-refractivity contribution is -0.0447. The van der Waals surface area contributed by atoms with Crippen LogP contribution in [0.5, 0.6) is 0 Å². The monoisotopic (exact) mass is 336 g/mol. The molecule has 1 aliphatic rings. The Morgan fingerprint density at radius 3 is 2.80 bits per heavy atom. The fraction of sp³-hybridized carbons (Fsp3) is 0.294. The van der Waals surface area contributed by atoms with Crippen molar-refractivity contribution in [1.29, 1.82) is 0 Å². The van der Waals surface area contributed by atoms with Crippen LogP contribution < -0.4 is 4.90 Å². The maximum absolute atomic E-state index is 6.02. The van der Waals surface area contributed by atoms with Crippen molar-refractivity contribution >= 4 is 27.9 Å². The first-order valence-electron chi connectivity index (χ1n) is 7.99. The second-order valence-electron chi connectivity index (χ2n) is 6.27. The van der Waals surface area contributed by atoms with Gasteiger partial charge in [0.25, 0.3) is 0 Å². The van der Waals surface area contributed by atoms with E-state index in [-0.39, 0.29) is 0 Å². The molecule has 5 rings (SSSR count). The van der Waals surface area contributed by atoms with Gasteiger partial charge in [-0.1, -0.05) is 17.3 Å². The second-order valence-corrected chi connectivity index (χ2v) is 6.27. The highest BCUT2D eigenvalue weighted by atomic mass is 16.5. The summed E-state index contributed by atoms with van der Waals surface area (Å²) in [4.78, 5) is 11.0. The molecule has 0 saturated carbocycles. The van der Waals surface area contributed by atoms with Gasteiger partial charge in [0.2, 0.25) is 0 Å². The number of nitrogens with zero attached hydrogens (tertiary/aromatic N) is 6. The van der Waals surface area contributed by atoms with Crippen LogP contribution >= 0.6 is 0 Å². The van der Waals surface area contributed by atoms with Gasteiger partial charge < -0.3 is 14.1 Å². The largest absolute Gasteiger partial charge is 0.450 e. The summed E-state index contributed by atoms with van der Waals surface area (Å²) in [5, 5.41) is 8.97. The van der Waals surface area contributed by atoms with Gasteiger partial charge in [-0.15, -0.1) is 5.10 Å². The molecule has 0 amide bonds. The predicted octanol–water partition coefficient (Wildman–Crippen LogP) is 1.87. The zero-order valence-electron chi connectivity index (χ0n) is 13.9. The third-order valence-electron chi connectivity index (χ3n) is 4.90. The smallest absolute Gasteiger partial charge is 0.196 e. The van der Waals surface area contributed by atoms with E-state index in [1.807, 2.05) is 31.3 Å². The van der Waals surface area contributed by atoms with Crippen LogP contribution in [0.15, 0.2) is 41.2 Å². The number of aromatic nitrogens is 5. The van der Waals surface area contributed by atoms with Gasteiger partial charge in [0.1, 0.15) is 23.0 Å². The van der Waals surface area contributed by atoms with E-state index in [0.29, 0.717) is 18.7 Å². The molecule has 0 atom stereocenters. The van der Waals surface area contributed by atoms with Crippen molar-refractivity contribution in [2.24, 2.45) is 7.05 Å². The number of benzene rings is 1. The molecule has 25 heavy (non-hydrogen) atoms. The van der Waals surface area contributed by atoms with Crippen molar-refractivity contribution in [3.05, 3.63) is 42.5 Å². The third kappa shape index (κ3) is 1.91. The fourth-order valence-corrected chi connectivity index (χ4v) is 3.55. The van der Waals surface area contributed by atoms with Crippen molar-refractivity contribution in [3.8, 4) is 0 Å². The van der Waals surface area contributed by atoms with Gasteiger partial charge in [-0.25, -0.2) is 14.6 Å². The molecule has 0 aliphatic carbocycles. The highest BCUT2D eigenvalue weighted by Gasteiger charge is 2.48. The second kappa shape index (κ2) is 5.00. The third-order valence-corrected chi connectivity index (χ3v) is 4.90. The summed E-state index contributed by atoms with van der Waals surface area (Å²) in [5.74, 6) is 0.781. The van der Waals surface area contributed by atoms with E-state index in [1.165, 1.54) is 0 Å². The number of furan rings is 1. The maximum Gasteiger partial charge on any atom is 0.196 e. The normalized spacial score (nSPS) is 16.5. The standard InChI is InChI=1S/C17H16N6O2/c1-22-13(7-20-21-22)17(24-2)8-23(9-17)16-15-14(18-10-19-16)11-5-3-4-6-12(11)25-15/h3-7,10H,8-9H2,1-2H3. The number of hydrogen-bond acceptors (Lipinski definition) is 7. The molecule has 0 bridgehead atoms. The number of ether oxygens (including phenoxy) is 1. The number of fused-ring (bicyclic) bond motifs is 3. The topological polar surface area (TPSA) is 82.1 Å². The number of hydrogen-bond donors (Lipinski definition) is 0. The lowest BCUT2D eigenvalue weighted by Gasteiger charge is -2.48. The molecule has 1 aliphatic heterocycles. The molecule has 0 unspecified atom stereocenters. The Morgan fingerprint density at radius 2 is 2.04 bits per heavy atom. The molecule has 0 radical (unpaired) electrons. The van der Waals surface area contributed by atoms with Crippen LogP contribution in [0.2, 0.25) is 0 Å². The minimum absolute atomic E-state index is 0.443. The van der Waals surface area contributed by atoms with E-state index < -0.39 is 5.60 Å². The number of para-hydroxylation sites is 1. The quantitative estimate of drug-likeness (QED) is 0.565. The summed E-state index contributed by atoms with van der Waals surface area (Å²) in [5.41, 5.74) is 2.85. The van der Waals surface area contributed by atoms with Crippen LogP contribution in [-0.4, -0.2) is 45.2 Å². The van der Waals surface area contributed by atoms with Crippen LogP contribution in [0.25, 0.3) is 22.1 Å². The summed E-state index contributed by atoms with van der Waals surface area (Å²) in [6.45, 7) is 1.29. The van der Waals surface area contributed by atoms with E-state index in [9.17, 15) is 0 Å². The van der Waals surface area contributed by atoms with Gasteiger partial charge in [0.05, 0.1) is 25.0 Å². The predicted molar refractivity (Wildman–Crippen MR) is 91.2 cm³/mol. The van der Waals surface area contributed by atoms with Crippen LogP contribution in [0.1, 0.15) is 5.69 Å². The van der Waals surface area contributed by atoms with E-state index in [4.69, 9.17) is 9.15 Å². The molecule has 0 spiro atoms. The van der Waals surface area contributed by atoms with Crippen molar-refractivity contribution < 1.29 is 9.15 Å². The van der Waals surface area contributed by atoms with Gasteiger partial charge in [-0.2, -0.15) is 0 Å². The minimum Gasteiger partial charge on any atom is -0.450 e. The molecule has 0 N–H and O–H groups in total. The average molecular weight is 336 g/mol. The Morgan fingerprint density at radius 1 is 1.20 bits per heavy atom. The zero-order valence-corrected chi connectivity index (χ0v) is 13.9. The molecular formula is C17H16N6O2. The van der Waals surface area contributed by atoms with E-state index >= 15 is 0 Å². The van der Waals surface area contributed by atoms with Crippen LogP contribution in [0.3, 0.4) is 0 Å². The first kappa shape index (κ1) is 14.4. The maximum atomic E-state index is 6.02. The van der Waals surface area contributed by atoms with Crippen molar-refractivity contribution in [1.82, 2.24) is 25.0 Å². The zero-order chi connectivity index (χ0) is 17.0. The number of methoxy groups -OCH3 is 1. The molecular weight excluding hydrogens is 320 g/mol. The summed E-state index contributed by atoms with van der Waals surface area (Å²) < 4.78 is 13.6. The average Bonchev–Trinajstić information content (AvgIpc) is 3.19. The SMILES string of the molecule is COC1(c2cnnn2C)CN(c2ncnc3c2oc2ccccc23)C1. The van der Waals surface area contributed by atoms with Crippen molar-refractivity contribution in [2.75, 3.05) is 25.1 Å². The number of rotatable bonds is 3. The van der Waals surface area contributed by atoms with Gasteiger partial charge >= 0.3 is 0 Å². The first-order valence-corrected chi connectivity index (χ1v) is 7.99. The minimum atomic E-state index is -0.443. The molecule has 1 aromatic carbocycles. The summed E-state index contributed by atoms with van der Waals surface area (Å²) >= 11 is 0. The Balaban J connectivity index is 1.56. The Hall–Kier alpha value is -3.00. The number of aryl methyl sites for hydroxylation is 1. The molecule has 1 saturated heterocycles.